The van der Waals surface area contributed by atoms with Crippen molar-refractivity contribution in [3.8, 4) is 0 Å². The van der Waals surface area contributed by atoms with E-state index in [1.54, 1.807) is 6.20 Å². The summed E-state index contributed by atoms with van der Waals surface area (Å²) in [4.78, 5) is 4.24. The van der Waals surface area contributed by atoms with Crippen LogP contribution in [-0.4, -0.2) is 17.6 Å². The normalized spacial score (nSPS) is 25.6. The highest BCUT2D eigenvalue weighted by Crippen LogP contribution is 2.26. The van der Waals surface area contributed by atoms with Crippen molar-refractivity contribution in [1.82, 2.24) is 4.98 Å². The lowest BCUT2D eigenvalue weighted by Crippen LogP contribution is -2.39. The monoisotopic (exact) mass is 255 g/mol. The topological polar surface area (TPSA) is 50.9 Å². The third-order valence-electron chi connectivity index (χ3n) is 2.59. The molecule has 4 heteroatoms. The van der Waals surface area contributed by atoms with Gasteiger partial charge in [0.2, 0.25) is 0 Å². The maximum atomic E-state index is 5.72. The van der Waals surface area contributed by atoms with Crippen molar-refractivity contribution in [2.24, 2.45) is 11.7 Å². The predicted molar refractivity (Wildman–Crippen MR) is 61.1 cm³/mol. The summed E-state index contributed by atoms with van der Waals surface area (Å²) in [5.41, 5.74) is 5.72. The predicted octanol–water partition coefficient (Wildman–Crippen LogP) is 1.99. The van der Waals surface area contributed by atoms with Crippen LogP contribution in [0.3, 0.4) is 0 Å². The number of aromatic nitrogens is 1. The Kier molecular flexibility index (Phi) is 3.03. The lowest BCUT2D eigenvalue weighted by Gasteiger charge is -2.32. The number of pyridine rings is 1. The van der Waals surface area contributed by atoms with E-state index in [9.17, 15) is 0 Å². The van der Waals surface area contributed by atoms with Gasteiger partial charge in [0.1, 0.15) is 5.82 Å². The molecular formula is C10H14BrN3. The minimum atomic E-state index is 0.425. The van der Waals surface area contributed by atoms with Crippen LogP contribution < -0.4 is 11.1 Å². The Hall–Kier alpha value is -0.610. The Morgan fingerprint density at radius 1 is 1.57 bits per heavy atom. The lowest BCUT2D eigenvalue weighted by molar-refractivity contribution is 0.280. The second-order valence-corrected chi connectivity index (χ2v) is 4.67. The lowest BCUT2D eigenvalue weighted by atomic mass is 9.81. The summed E-state index contributed by atoms with van der Waals surface area (Å²) in [5.74, 6) is 1.65. The van der Waals surface area contributed by atoms with E-state index < -0.39 is 0 Å². The van der Waals surface area contributed by atoms with Crippen LogP contribution in [0.2, 0.25) is 0 Å². The van der Waals surface area contributed by atoms with Gasteiger partial charge in [-0.25, -0.2) is 4.98 Å². The number of nitrogens with two attached hydrogens (primary N) is 1. The molecule has 1 saturated carbocycles. The van der Waals surface area contributed by atoms with E-state index in [0.29, 0.717) is 6.04 Å². The van der Waals surface area contributed by atoms with E-state index >= 15 is 0 Å². The fraction of sp³-hybridized carbons (Fsp3) is 0.500. The van der Waals surface area contributed by atoms with Gasteiger partial charge in [0.25, 0.3) is 0 Å². The molecule has 1 aromatic heterocycles. The quantitative estimate of drug-likeness (QED) is 0.869. The average Bonchev–Trinajstić information content (AvgIpc) is 2.13. The Bertz CT molecular complexity index is 310. The summed E-state index contributed by atoms with van der Waals surface area (Å²) in [5, 5.41) is 3.32. The molecule has 3 N–H and O–H groups in total. The molecule has 0 unspecified atom stereocenters. The van der Waals surface area contributed by atoms with E-state index in [0.717, 1.165) is 35.6 Å². The van der Waals surface area contributed by atoms with Gasteiger partial charge in [-0.15, -0.1) is 0 Å². The first-order chi connectivity index (χ1) is 6.75. The Morgan fingerprint density at radius 2 is 2.36 bits per heavy atom. The summed E-state index contributed by atoms with van der Waals surface area (Å²) >= 11 is 3.45. The summed E-state index contributed by atoms with van der Waals surface area (Å²) < 4.78 is 1.02. The van der Waals surface area contributed by atoms with Crippen molar-refractivity contribution in [3.63, 3.8) is 0 Å². The summed E-state index contributed by atoms with van der Waals surface area (Å²) in [7, 11) is 0. The van der Waals surface area contributed by atoms with E-state index in [1.807, 2.05) is 12.1 Å². The second-order valence-electron chi connectivity index (χ2n) is 3.81. The van der Waals surface area contributed by atoms with E-state index in [2.05, 4.69) is 26.2 Å². The van der Waals surface area contributed by atoms with Crippen LogP contribution in [0.4, 0.5) is 5.82 Å². The second kappa shape index (κ2) is 4.28. The zero-order valence-electron chi connectivity index (χ0n) is 7.91. The minimum Gasteiger partial charge on any atom is -0.369 e. The number of hydrogen-bond donors (Lipinski definition) is 2. The maximum Gasteiger partial charge on any atom is 0.140 e. The van der Waals surface area contributed by atoms with Crippen molar-refractivity contribution in [1.29, 1.82) is 0 Å². The zero-order valence-corrected chi connectivity index (χ0v) is 9.50. The van der Waals surface area contributed by atoms with Crippen LogP contribution in [0.15, 0.2) is 22.8 Å². The third kappa shape index (κ3) is 2.25. The molecule has 0 radical (unpaired) electrons. The molecule has 0 aromatic carbocycles. The van der Waals surface area contributed by atoms with E-state index in [4.69, 9.17) is 5.73 Å². The SMILES string of the molecule is NC1CC(CNc2ncccc2Br)C1. The van der Waals surface area contributed by atoms with Crippen molar-refractivity contribution in [2.75, 3.05) is 11.9 Å². The molecule has 0 spiro atoms. The first kappa shape index (κ1) is 9.93. The number of halogens is 1. The molecule has 0 amide bonds. The summed E-state index contributed by atoms with van der Waals surface area (Å²) in [6.07, 6.45) is 4.06. The molecule has 1 aliphatic rings. The molecule has 1 aliphatic carbocycles. The van der Waals surface area contributed by atoms with Crippen LogP contribution in [0.25, 0.3) is 0 Å². The first-order valence-corrected chi connectivity index (χ1v) is 5.65. The number of nitrogens with one attached hydrogen (secondary N) is 1. The average molecular weight is 256 g/mol. The van der Waals surface area contributed by atoms with Crippen molar-refractivity contribution in [2.45, 2.75) is 18.9 Å². The van der Waals surface area contributed by atoms with Gasteiger partial charge in [0, 0.05) is 18.8 Å². The molecule has 76 valence electrons. The van der Waals surface area contributed by atoms with Gasteiger partial charge in [-0.05, 0) is 46.8 Å². The van der Waals surface area contributed by atoms with Gasteiger partial charge in [0.05, 0.1) is 4.47 Å². The molecule has 2 rings (SSSR count). The molecule has 0 aliphatic heterocycles. The van der Waals surface area contributed by atoms with Crippen molar-refractivity contribution < 1.29 is 0 Å². The fourth-order valence-electron chi connectivity index (χ4n) is 1.71. The molecule has 1 heterocycles. The van der Waals surface area contributed by atoms with Crippen molar-refractivity contribution in [3.05, 3.63) is 22.8 Å². The molecule has 1 fully saturated rings. The molecule has 1 aromatic rings. The zero-order chi connectivity index (χ0) is 9.97. The van der Waals surface area contributed by atoms with E-state index in [-0.39, 0.29) is 0 Å². The summed E-state index contributed by atoms with van der Waals surface area (Å²) in [6, 6.07) is 4.32. The van der Waals surface area contributed by atoms with Gasteiger partial charge in [-0.2, -0.15) is 0 Å². The number of anilines is 1. The smallest absolute Gasteiger partial charge is 0.140 e. The van der Waals surface area contributed by atoms with Gasteiger partial charge in [-0.1, -0.05) is 0 Å². The molecule has 3 nitrogen and oxygen atoms in total. The molecule has 0 atom stereocenters. The van der Waals surface area contributed by atoms with Gasteiger partial charge in [-0.3, -0.25) is 0 Å². The van der Waals surface area contributed by atoms with Crippen LogP contribution in [0, 0.1) is 5.92 Å². The summed E-state index contributed by atoms with van der Waals surface area (Å²) in [6.45, 7) is 0.976. The third-order valence-corrected chi connectivity index (χ3v) is 3.23. The van der Waals surface area contributed by atoms with Gasteiger partial charge >= 0.3 is 0 Å². The maximum absolute atomic E-state index is 5.72. The van der Waals surface area contributed by atoms with Gasteiger partial charge < -0.3 is 11.1 Å². The van der Waals surface area contributed by atoms with Crippen molar-refractivity contribution >= 4 is 21.7 Å². The van der Waals surface area contributed by atoms with Crippen LogP contribution in [0.1, 0.15) is 12.8 Å². The highest BCUT2D eigenvalue weighted by Gasteiger charge is 2.25. The Morgan fingerprint density at radius 3 is 3.00 bits per heavy atom. The number of nitrogens with zero attached hydrogens (tertiary/aromatic N) is 1. The standard InChI is InChI=1S/C10H14BrN3/c11-9-2-1-3-13-10(9)14-6-7-4-8(12)5-7/h1-3,7-8H,4-6,12H2,(H,13,14). The molecule has 0 bridgehead atoms. The number of hydrogen-bond acceptors (Lipinski definition) is 3. The largest absolute Gasteiger partial charge is 0.369 e. The molecular weight excluding hydrogens is 242 g/mol. The minimum absolute atomic E-state index is 0.425. The van der Waals surface area contributed by atoms with Crippen LogP contribution in [0.5, 0.6) is 0 Å². The van der Waals surface area contributed by atoms with Crippen LogP contribution >= 0.6 is 15.9 Å². The highest BCUT2D eigenvalue weighted by molar-refractivity contribution is 9.10. The van der Waals surface area contributed by atoms with E-state index in [1.165, 1.54) is 0 Å². The molecule has 14 heavy (non-hydrogen) atoms. The Balaban J connectivity index is 1.83. The Labute approximate surface area is 92.2 Å². The fourth-order valence-corrected chi connectivity index (χ4v) is 2.11. The highest BCUT2D eigenvalue weighted by atomic mass is 79.9. The van der Waals surface area contributed by atoms with Crippen LogP contribution in [-0.2, 0) is 0 Å². The first-order valence-electron chi connectivity index (χ1n) is 4.85. The van der Waals surface area contributed by atoms with Gasteiger partial charge in [0.15, 0.2) is 0 Å². The number of rotatable bonds is 3. The molecule has 0 saturated heterocycles.